The summed E-state index contributed by atoms with van der Waals surface area (Å²) in [6.07, 6.45) is 0. The Labute approximate surface area is 185 Å². The Morgan fingerprint density at radius 2 is 0.742 bits per heavy atom. The molecule has 0 unspecified atom stereocenters. The summed E-state index contributed by atoms with van der Waals surface area (Å²) in [4.78, 5) is 0. The highest BCUT2D eigenvalue weighted by Crippen LogP contribution is 2.25. The number of hydrogen-bond donors (Lipinski definition) is 4. The van der Waals surface area contributed by atoms with Crippen molar-refractivity contribution < 1.29 is 8.42 Å². The number of benzene rings is 4. The summed E-state index contributed by atoms with van der Waals surface area (Å²) in [5, 5.41) is 0. The summed E-state index contributed by atoms with van der Waals surface area (Å²) in [6.45, 7) is 0. The Kier molecular flexibility index (Phi) is 8.82. The third-order valence-corrected chi connectivity index (χ3v) is 4.39. The van der Waals surface area contributed by atoms with Gasteiger partial charge in [0.25, 0.3) is 0 Å². The number of hydrogen-bond acceptors (Lipinski definition) is 6. The molecule has 158 valence electrons. The summed E-state index contributed by atoms with van der Waals surface area (Å²) in [6, 6.07) is 31.6. The van der Waals surface area contributed by atoms with Crippen LogP contribution in [0.5, 0.6) is 0 Å². The molecule has 0 amide bonds. The smallest absolute Gasteiger partial charge is 0.335 e. The minimum Gasteiger partial charge on any atom is -0.397 e. The lowest BCUT2D eigenvalue weighted by Crippen LogP contribution is -1.94. The molecule has 31 heavy (non-hydrogen) atoms. The summed E-state index contributed by atoms with van der Waals surface area (Å²) in [7, 11) is 0. The Bertz CT molecular complexity index is 1060. The topological polar surface area (TPSA) is 138 Å². The van der Waals surface area contributed by atoms with Crippen molar-refractivity contribution in [3.05, 3.63) is 97.1 Å². The van der Waals surface area contributed by atoms with Crippen LogP contribution < -0.4 is 22.9 Å². The van der Waals surface area contributed by atoms with Crippen molar-refractivity contribution in [3.8, 4) is 22.3 Å². The van der Waals surface area contributed by atoms with E-state index in [0.717, 1.165) is 22.3 Å². The molecule has 4 aromatic carbocycles. The molecule has 0 bridgehead atoms. The van der Waals surface area contributed by atoms with Gasteiger partial charge >= 0.3 is 11.6 Å². The molecule has 6 nitrogen and oxygen atoms in total. The van der Waals surface area contributed by atoms with E-state index in [-0.39, 0.29) is 0 Å². The van der Waals surface area contributed by atoms with Gasteiger partial charge in [0.05, 0.1) is 22.7 Å². The molecule has 0 saturated heterocycles. The van der Waals surface area contributed by atoms with Crippen LogP contribution in [0.4, 0.5) is 22.7 Å². The fourth-order valence-electron chi connectivity index (χ4n) is 2.77. The van der Waals surface area contributed by atoms with Crippen molar-refractivity contribution in [2.45, 2.75) is 0 Å². The molecule has 0 heterocycles. The van der Waals surface area contributed by atoms with Gasteiger partial charge in [-0.25, -0.2) is 0 Å². The fourth-order valence-corrected chi connectivity index (χ4v) is 2.77. The highest BCUT2D eigenvalue weighted by atomic mass is 32.1. The molecule has 0 spiro atoms. The monoisotopic (exact) mass is 432 g/mol. The van der Waals surface area contributed by atoms with Crippen LogP contribution in [0.1, 0.15) is 0 Å². The molecule has 8 N–H and O–H groups in total. The van der Waals surface area contributed by atoms with Gasteiger partial charge in [-0.15, -0.1) is 0 Å². The van der Waals surface area contributed by atoms with Crippen LogP contribution in [0.2, 0.25) is 0 Å². The summed E-state index contributed by atoms with van der Waals surface area (Å²) in [5.41, 5.74) is 29.8. The Morgan fingerprint density at radius 3 is 1.03 bits per heavy atom. The highest BCUT2D eigenvalue weighted by Gasteiger charge is 2.00. The number of anilines is 4. The average molecular weight is 433 g/mol. The molecule has 0 aliphatic heterocycles. The Hall–Kier alpha value is -4.10. The average Bonchev–Trinajstić information content (AvgIpc) is 2.80. The van der Waals surface area contributed by atoms with Crippen molar-refractivity contribution in [3.63, 3.8) is 0 Å². The van der Waals surface area contributed by atoms with Crippen molar-refractivity contribution in [1.29, 1.82) is 0 Å². The van der Waals surface area contributed by atoms with E-state index in [2.05, 4.69) is 0 Å². The molecule has 0 saturated carbocycles. The van der Waals surface area contributed by atoms with E-state index in [4.69, 9.17) is 31.4 Å². The molecule has 0 aromatic heterocycles. The fraction of sp³-hybridized carbons (Fsp3) is 0. The normalized spacial score (nSPS) is 9.42. The van der Waals surface area contributed by atoms with E-state index in [1.165, 1.54) is 0 Å². The molecular weight excluding hydrogens is 408 g/mol. The van der Waals surface area contributed by atoms with Crippen LogP contribution >= 0.6 is 0 Å². The zero-order chi connectivity index (χ0) is 22.6. The van der Waals surface area contributed by atoms with Crippen LogP contribution in [-0.4, -0.2) is 8.42 Å². The Morgan fingerprint density at radius 1 is 0.419 bits per heavy atom. The molecule has 7 heteroatoms. The highest BCUT2D eigenvalue weighted by molar-refractivity contribution is 7.51. The molecule has 0 aliphatic carbocycles. The zero-order valence-electron chi connectivity index (χ0n) is 16.8. The first-order valence-electron chi connectivity index (χ1n) is 9.29. The van der Waals surface area contributed by atoms with Crippen molar-refractivity contribution >= 4 is 34.3 Å². The van der Waals surface area contributed by atoms with E-state index in [1.807, 2.05) is 97.1 Å². The van der Waals surface area contributed by atoms with E-state index >= 15 is 0 Å². The quantitative estimate of drug-likeness (QED) is 0.347. The molecule has 0 radical (unpaired) electrons. The summed E-state index contributed by atoms with van der Waals surface area (Å²) >= 11 is -0.750. The molecular formula is C24H24N4O2S. The van der Waals surface area contributed by atoms with Gasteiger partial charge in [0.1, 0.15) is 0 Å². The van der Waals surface area contributed by atoms with Crippen LogP contribution in [0, 0.1) is 0 Å². The van der Waals surface area contributed by atoms with Gasteiger partial charge in [-0.3, -0.25) is 0 Å². The number of nitrogen functional groups attached to an aromatic ring is 4. The van der Waals surface area contributed by atoms with E-state index < -0.39 is 11.6 Å². The van der Waals surface area contributed by atoms with Crippen molar-refractivity contribution in [2.24, 2.45) is 0 Å². The molecule has 0 atom stereocenters. The van der Waals surface area contributed by atoms with Gasteiger partial charge in [-0.1, -0.05) is 72.8 Å². The summed E-state index contributed by atoms with van der Waals surface area (Å²) < 4.78 is 16.6. The first kappa shape index (κ1) is 23.2. The number of nitrogens with two attached hydrogens (primary N) is 4. The third kappa shape index (κ3) is 7.02. The first-order chi connectivity index (χ1) is 15.0. The minimum atomic E-state index is -0.750. The molecule has 4 aromatic rings. The maximum atomic E-state index is 8.29. The second-order valence-electron chi connectivity index (χ2n) is 6.49. The molecule has 0 fully saturated rings. The van der Waals surface area contributed by atoms with Crippen LogP contribution in [0.25, 0.3) is 22.3 Å². The first-order valence-corrected chi connectivity index (χ1v) is 9.95. The van der Waals surface area contributed by atoms with Crippen LogP contribution in [-0.2, 0) is 11.6 Å². The minimum absolute atomic E-state index is 0.629. The number of rotatable bonds is 2. The van der Waals surface area contributed by atoms with Gasteiger partial charge < -0.3 is 22.9 Å². The van der Waals surface area contributed by atoms with Gasteiger partial charge in [0.15, 0.2) is 0 Å². The zero-order valence-corrected chi connectivity index (χ0v) is 17.6. The molecule has 0 aliphatic rings. The largest absolute Gasteiger partial charge is 0.397 e. The van der Waals surface area contributed by atoms with Crippen molar-refractivity contribution in [2.75, 3.05) is 22.9 Å². The SMILES string of the molecule is Nc1ccc(-c2ccccc2)cc1N.Nc1ccc(-c2ccccc2)cc1N.O=S=O. The van der Waals surface area contributed by atoms with Gasteiger partial charge in [0, 0.05) is 0 Å². The Balaban J connectivity index is 0.000000196. The third-order valence-electron chi connectivity index (χ3n) is 4.39. The predicted molar refractivity (Wildman–Crippen MR) is 130 cm³/mol. The summed E-state index contributed by atoms with van der Waals surface area (Å²) in [5.74, 6) is 0. The molecule has 4 rings (SSSR count). The van der Waals surface area contributed by atoms with Crippen LogP contribution in [0.3, 0.4) is 0 Å². The van der Waals surface area contributed by atoms with Gasteiger partial charge in [0.2, 0.25) is 0 Å². The van der Waals surface area contributed by atoms with Gasteiger partial charge in [-0.05, 0) is 46.5 Å². The second-order valence-corrected chi connectivity index (χ2v) is 6.62. The lowest BCUT2D eigenvalue weighted by molar-refractivity contribution is 0.630. The lowest BCUT2D eigenvalue weighted by Gasteiger charge is -2.04. The standard InChI is InChI=1S/2C12H12N2.O2S/c2*13-11-7-6-10(8-12(11)14)9-4-2-1-3-5-9;1-3-2/h2*1-8H,13-14H2;. The van der Waals surface area contributed by atoms with E-state index in [0.29, 0.717) is 22.7 Å². The van der Waals surface area contributed by atoms with E-state index in [9.17, 15) is 0 Å². The van der Waals surface area contributed by atoms with Crippen molar-refractivity contribution in [1.82, 2.24) is 0 Å². The predicted octanol–water partition coefficient (Wildman–Crippen LogP) is 4.37. The van der Waals surface area contributed by atoms with Gasteiger partial charge in [-0.2, -0.15) is 8.42 Å². The van der Waals surface area contributed by atoms with Crippen LogP contribution in [0.15, 0.2) is 97.1 Å². The lowest BCUT2D eigenvalue weighted by atomic mass is 10.0. The maximum Gasteiger partial charge on any atom is 0.335 e. The van der Waals surface area contributed by atoms with E-state index in [1.54, 1.807) is 0 Å². The second kappa shape index (κ2) is 11.8. The maximum absolute atomic E-state index is 8.29.